The first-order chi connectivity index (χ1) is 5.77. The zero-order valence-corrected chi connectivity index (χ0v) is 6.37. The van der Waals surface area contributed by atoms with Crippen molar-refractivity contribution in [3.63, 3.8) is 0 Å². The molecule has 0 atom stereocenters. The first-order valence-electron chi connectivity index (χ1n) is 3.25. The van der Waals surface area contributed by atoms with E-state index in [1.165, 1.54) is 0 Å². The first kappa shape index (κ1) is 12.0. The molecule has 7 heteroatoms. The lowest BCUT2D eigenvalue weighted by molar-refractivity contribution is -0.150. The summed E-state index contributed by atoms with van der Waals surface area (Å²) in [4.78, 5) is 11.9. The molecule has 0 rings (SSSR count). The standard InChI is InChI=1S/C6H6F5NO/c7-5(8,3-12-4-13)1-2-6(9,10)11/h1-3H2. The number of alkyl halides is 5. The molecular formula is C6H6F5NO. The molecule has 0 saturated heterocycles. The van der Waals surface area contributed by atoms with Gasteiger partial charge in [0.05, 0.1) is 0 Å². The number of carbonyl (C=O) groups excluding carboxylic acids is 1. The molecule has 0 fully saturated rings. The third kappa shape index (κ3) is 7.39. The predicted octanol–water partition coefficient (Wildman–Crippen LogP) is 2.30. The van der Waals surface area contributed by atoms with Gasteiger partial charge in [0.2, 0.25) is 6.08 Å². The lowest BCUT2D eigenvalue weighted by atomic mass is 10.2. The van der Waals surface area contributed by atoms with Gasteiger partial charge in [0, 0.05) is 12.8 Å². The lowest BCUT2D eigenvalue weighted by Crippen LogP contribution is -2.23. The zero-order valence-electron chi connectivity index (χ0n) is 6.37. The van der Waals surface area contributed by atoms with Crippen molar-refractivity contribution in [1.82, 2.24) is 0 Å². The lowest BCUT2D eigenvalue weighted by Gasteiger charge is -2.13. The maximum Gasteiger partial charge on any atom is 0.389 e. The third-order valence-corrected chi connectivity index (χ3v) is 1.15. The summed E-state index contributed by atoms with van der Waals surface area (Å²) in [6.07, 6.45) is -6.73. The van der Waals surface area contributed by atoms with Gasteiger partial charge in [0.25, 0.3) is 5.92 Å². The highest BCUT2D eigenvalue weighted by Crippen LogP contribution is 2.29. The van der Waals surface area contributed by atoms with Crippen LogP contribution in [0, 0.1) is 0 Å². The molecule has 0 aliphatic heterocycles. The van der Waals surface area contributed by atoms with Crippen molar-refractivity contribution in [2.45, 2.75) is 24.9 Å². The van der Waals surface area contributed by atoms with E-state index in [9.17, 15) is 26.7 Å². The van der Waals surface area contributed by atoms with Crippen LogP contribution in [0.15, 0.2) is 4.99 Å². The molecule has 0 aromatic rings. The minimum absolute atomic E-state index is 0.835. The minimum Gasteiger partial charge on any atom is -0.211 e. The number of hydrogen-bond acceptors (Lipinski definition) is 2. The Labute approximate surface area is 70.4 Å². The quantitative estimate of drug-likeness (QED) is 0.391. The summed E-state index contributed by atoms with van der Waals surface area (Å²) in [6.45, 7) is -1.24. The topological polar surface area (TPSA) is 29.4 Å². The maximum absolute atomic E-state index is 12.4. The highest BCUT2D eigenvalue weighted by Gasteiger charge is 2.36. The summed E-state index contributed by atoms with van der Waals surface area (Å²) < 4.78 is 59.1. The SMILES string of the molecule is O=C=NCC(F)(F)CCC(F)(F)F. The second-order valence-electron chi connectivity index (χ2n) is 2.38. The van der Waals surface area contributed by atoms with E-state index in [0.29, 0.717) is 0 Å². The Morgan fingerprint density at radius 1 is 1.08 bits per heavy atom. The van der Waals surface area contributed by atoms with Crippen molar-refractivity contribution in [1.29, 1.82) is 0 Å². The molecule has 0 unspecified atom stereocenters. The average molecular weight is 203 g/mol. The van der Waals surface area contributed by atoms with Gasteiger partial charge in [-0.1, -0.05) is 0 Å². The van der Waals surface area contributed by atoms with Crippen LogP contribution in [0.5, 0.6) is 0 Å². The normalized spacial score (nSPS) is 12.4. The molecule has 0 bridgehead atoms. The molecule has 13 heavy (non-hydrogen) atoms. The van der Waals surface area contributed by atoms with Crippen LogP contribution >= 0.6 is 0 Å². The Morgan fingerprint density at radius 3 is 2.00 bits per heavy atom. The Morgan fingerprint density at radius 2 is 1.62 bits per heavy atom. The van der Waals surface area contributed by atoms with Crippen LogP contribution in [0.4, 0.5) is 22.0 Å². The van der Waals surface area contributed by atoms with E-state index in [-0.39, 0.29) is 0 Å². The number of hydrogen-bond donors (Lipinski definition) is 0. The van der Waals surface area contributed by atoms with E-state index in [1.54, 1.807) is 0 Å². The van der Waals surface area contributed by atoms with E-state index < -0.39 is 31.5 Å². The summed E-state index contributed by atoms with van der Waals surface area (Å²) in [7, 11) is 0. The predicted molar refractivity (Wildman–Crippen MR) is 33.2 cm³/mol. The summed E-state index contributed by atoms with van der Waals surface area (Å²) >= 11 is 0. The molecule has 0 saturated carbocycles. The second kappa shape index (κ2) is 4.32. The Bertz CT molecular complexity index is 206. The van der Waals surface area contributed by atoms with Gasteiger partial charge in [-0.15, -0.1) is 0 Å². The molecule has 76 valence electrons. The Kier molecular flexibility index (Phi) is 4.00. The molecule has 0 spiro atoms. The monoisotopic (exact) mass is 203 g/mol. The van der Waals surface area contributed by atoms with Crippen LogP contribution in [-0.2, 0) is 4.79 Å². The van der Waals surface area contributed by atoms with Crippen molar-refractivity contribution in [2.75, 3.05) is 6.54 Å². The minimum atomic E-state index is -4.62. The Balaban J connectivity index is 3.95. The molecule has 0 aromatic heterocycles. The van der Waals surface area contributed by atoms with Crippen molar-refractivity contribution in [3.05, 3.63) is 0 Å². The summed E-state index contributed by atoms with van der Waals surface area (Å²) in [6, 6.07) is 0. The molecular weight excluding hydrogens is 197 g/mol. The Hall–Kier alpha value is -0.970. The van der Waals surface area contributed by atoms with Crippen molar-refractivity contribution >= 4 is 6.08 Å². The number of isocyanates is 1. The van der Waals surface area contributed by atoms with Crippen LogP contribution in [0.2, 0.25) is 0 Å². The summed E-state index contributed by atoms with van der Waals surface area (Å²) in [5.41, 5.74) is 0. The van der Waals surface area contributed by atoms with Crippen molar-refractivity contribution in [3.8, 4) is 0 Å². The van der Waals surface area contributed by atoms with E-state index >= 15 is 0 Å². The van der Waals surface area contributed by atoms with E-state index in [4.69, 9.17) is 0 Å². The smallest absolute Gasteiger partial charge is 0.211 e. The van der Waals surface area contributed by atoms with Crippen LogP contribution in [0.3, 0.4) is 0 Å². The first-order valence-corrected chi connectivity index (χ1v) is 3.25. The van der Waals surface area contributed by atoms with Gasteiger partial charge in [-0.3, -0.25) is 0 Å². The largest absolute Gasteiger partial charge is 0.389 e. The van der Waals surface area contributed by atoms with Crippen molar-refractivity contribution in [2.24, 2.45) is 4.99 Å². The van der Waals surface area contributed by atoms with Crippen LogP contribution in [0.1, 0.15) is 12.8 Å². The highest BCUT2D eigenvalue weighted by atomic mass is 19.4. The van der Waals surface area contributed by atoms with Gasteiger partial charge in [0.15, 0.2) is 0 Å². The fourth-order valence-corrected chi connectivity index (χ4v) is 0.552. The van der Waals surface area contributed by atoms with Gasteiger partial charge >= 0.3 is 6.18 Å². The fraction of sp³-hybridized carbons (Fsp3) is 0.833. The van der Waals surface area contributed by atoms with Gasteiger partial charge in [-0.2, -0.15) is 18.2 Å². The molecule has 0 N–H and O–H groups in total. The maximum atomic E-state index is 12.4. The van der Waals surface area contributed by atoms with Crippen LogP contribution in [-0.4, -0.2) is 24.7 Å². The van der Waals surface area contributed by atoms with Gasteiger partial charge in [-0.25, -0.2) is 13.6 Å². The number of halogens is 5. The number of nitrogens with zero attached hydrogens (tertiary/aromatic N) is 1. The fourth-order valence-electron chi connectivity index (χ4n) is 0.552. The highest BCUT2D eigenvalue weighted by molar-refractivity contribution is 5.32. The number of aliphatic imine (C=N–C) groups is 1. The third-order valence-electron chi connectivity index (χ3n) is 1.15. The molecule has 0 heterocycles. The second-order valence-corrected chi connectivity index (χ2v) is 2.38. The summed E-state index contributed by atoms with van der Waals surface area (Å²) in [5, 5.41) is 0. The van der Waals surface area contributed by atoms with Gasteiger partial charge < -0.3 is 0 Å². The van der Waals surface area contributed by atoms with Crippen LogP contribution < -0.4 is 0 Å². The molecule has 0 aliphatic rings. The summed E-state index contributed by atoms with van der Waals surface area (Å²) in [5.74, 6) is -3.59. The van der Waals surface area contributed by atoms with E-state index in [0.717, 1.165) is 6.08 Å². The molecule has 2 nitrogen and oxygen atoms in total. The van der Waals surface area contributed by atoms with Crippen LogP contribution in [0.25, 0.3) is 0 Å². The van der Waals surface area contributed by atoms with Gasteiger partial charge in [0.1, 0.15) is 6.54 Å². The molecule has 0 aliphatic carbocycles. The average Bonchev–Trinajstić information content (AvgIpc) is 1.97. The van der Waals surface area contributed by atoms with Gasteiger partial charge in [-0.05, 0) is 0 Å². The number of rotatable bonds is 4. The molecule has 0 aromatic carbocycles. The van der Waals surface area contributed by atoms with E-state index in [1.807, 2.05) is 0 Å². The zero-order chi connectivity index (χ0) is 10.5. The van der Waals surface area contributed by atoms with E-state index in [2.05, 4.69) is 4.99 Å². The molecule has 0 amide bonds. The molecule has 0 radical (unpaired) electrons. The van der Waals surface area contributed by atoms with Crippen molar-refractivity contribution < 1.29 is 26.7 Å².